The van der Waals surface area contributed by atoms with E-state index in [9.17, 15) is 36.1 Å². The first-order valence-electron chi connectivity index (χ1n) is 17.7. The fraction of sp³-hybridized carbons (Fsp3) is 0.912. The third-order valence-electron chi connectivity index (χ3n) is 7.76. The van der Waals surface area contributed by atoms with Crippen molar-refractivity contribution >= 4 is 44.7 Å². The summed E-state index contributed by atoms with van der Waals surface area (Å²) in [6, 6.07) is 1.05. The fourth-order valence-electron chi connectivity index (χ4n) is 3.51. The monoisotopic (exact) mass is 902 g/mol. The van der Waals surface area contributed by atoms with Gasteiger partial charge in [-0.3, -0.25) is 14.4 Å². The average Bonchev–Trinajstić information content (AvgIpc) is 3.00. The van der Waals surface area contributed by atoms with Crippen LogP contribution in [0.25, 0.3) is 0 Å². The molecule has 0 aliphatic carbocycles. The van der Waals surface area contributed by atoms with Gasteiger partial charge >= 0.3 is 45.5 Å². The number of hydrogen-bond acceptors (Lipinski definition) is 12. The third kappa shape index (κ3) is 26.9. The zero-order valence-corrected chi connectivity index (χ0v) is 38.6. The molecule has 0 saturated heterocycles. The summed E-state index contributed by atoms with van der Waals surface area (Å²) >= 11 is 0. The summed E-state index contributed by atoms with van der Waals surface area (Å²) < 4.78 is 87.7. The van der Waals surface area contributed by atoms with Gasteiger partial charge in [-0.05, 0) is 106 Å². The molecular formula is C34H69AgF2O12SSi2. The molecule has 0 aliphatic heterocycles. The number of ether oxygens (including phenoxy) is 5. The Hall–Kier alpha value is -0.766. The van der Waals surface area contributed by atoms with Crippen molar-refractivity contribution in [3.8, 4) is 0 Å². The van der Waals surface area contributed by atoms with Crippen molar-refractivity contribution in [2.75, 3.05) is 39.6 Å². The van der Waals surface area contributed by atoms with E-state index in [1.807, 2.05) is 48.5 Å². The Bertz CT molecular complexity index is 1120. The van der Waals surface area contributed by atoms with Gasteiger partial charge in [0.25, 0.3) is 0 Å². The second-order valence-corrected chi connectivity index (χ2v) is 25.6. The molecule has 0 aromatic carbocycles. The Balaban J connectivity index is -0.000000331. The van der Waals surface area contributed by atoms with Gasteiger partial charge in [0.05, 0.1) is 43.2 Å². The number of halogens is 2. The minimum absolute atomic E-state index is 0. The smallest absolute Gasteiger partial charge is 0.743 e. The maximum Gasteiger partial charge on any atom is 1.00 e. The van der Waals surface area contributed by atoms with E-state index >= 15 is 0 Å². The second kappa shape index (κ2) is 26.9. The Morgan fingerprint density at radius 3 is 1.56 bits per heavy atom. The largest absolute Gasteiger partial charge is 1.00 e. The Kier molecular flexibility index (Phi) is 30.0. The molecule has 316 valence electrons. The molecule has 0 fully saturated rings. The summed E-state index contributed by atoms with van der Waals surface area (Å²) in [5.74, 6) is -1.84. The number of rotatable bonds is 22. The predicted molar refractivity (Wildman–Crippen MR) is 198 cm³/mol. The van der Waals surface area contributed by atoms with Gasteiger partial charge in [-0.25, -0.2) is 8.42 Å². The van der Waals surface area contributed by atoms with Crippen molar-refractivity contribution in [2.45, 2.75) is 145 Å². The van der Waals surface area contributed by atoms with Crippen molar-refractivity contribution in [2.24, 2.45) is 16.7 Å². The molecule has 2 atom stereocenters. The van der Waals surface area contributed by atoms with E-state index in [4.69, 9.17) is 23.1 Å². The molecule has 0 N–H and O–H groups in total. The molecule has 0 spiro atoms. The maximum absolute atomic E-state index is 12.9. The van der Waals surface area contributed by atoms with E-state index in [-0.39, 0.29) is 39.7 Å². The summed E-state index contributed by atoms with van der Waals surface area (Å²) in [5, 5.41) is -4.61. The summed E-state index contributed by atoms with van der Waals surface area (Å²) in [4.78, 5) is 34.4. The summed E-state index contributed by atoms with van der Waals surface area (Å²) in [6.45, 7) is 31.6. The quantitative estimate of drug-likeness (QED) is 0.0346. The second-order valence-electron chi connectivity index (χ2n) is 15.0. The number of carbonyl (C=O) groups is 3. The van der Waals surface area contributed by atoms with Gasteiger partial charge in [-0.15, -0.1) is 0 Å². The molecule has 18 heteroatoms. The molecule has 52 heavy (non-hydrogen) atoms. The van der Waals surface area contributed by atoms with Gasteiger partial charge < -0.3 is 32.4 Å². The van der Waals surface area contributed by atoms with Crippen LogP contribution in [0.4, 0.5) is 8.78 Å². The van der Waals surface area contributed by atoms with Crippen molar-refractivity contribution in [3.05, 3.63) is 0 Å². The molecule has 0 radical (unpaired) electrons. The van der Waals surface area contributed by atoms with E-state index in [1.54, 1.807) is 6.92 Å². The first kappa shape index (κ1) is 57.9. The standard InChI is InChI=1S/C14H32O3Si2.C12H24O4.C8H14F2O5S.Ag/c1-9-14(2,3)13(15)16-11-10-12-19(7,8)17-18(4,5)6;1-5-12(3,4)11(13)16-10-9-15-8-7-14-6-2;1-4-5(2)7(11)15-6(3)8(9,10)16(12,13)14;/h9-12H2,1-8H3;5-10H2,1-4H3;5-6H,4H2,1-3H3,(H,12,13,14);/q;;;+1/p-1. The summed E-state index contributed by atoms with van der Waals surface area (Å²) in [6.07, 6.45) is 0.565. The van der Waals surface area contributed by atoms with Crippen LogP contribution in [0.2, 0.25) is 38.8 Å². The van der Waals surface area contributed by atoms with Crippen LogP contribution in [0.3, 0.4) is 0 Å². The normalized spacial score (nSPS) is 13.6. The van der Waals surface area contributed by atoms with Gasteiger partial charge in [0.15, 0.2) is 32.9 Å². The van der Waals surface area contributed by atoms with Crippen LogP contribution < -0.4 is 0 Å². The van der Waals surface area contributed by atoms with Gasteiger partial charge in [-0.2, -0.15) is 8.78 Å². The average molecular weight is 904 g/mol. The van der Waals surface area contributed by atoms with Crippen LogP contribution in [0.15, 0.2) is 0 Å². The number of carbonyl (C=O) groups excluding carboxylic acids is 3. The molecule has 0 aromatic rings. The Morgan fingerprint density at radius 1 is 0.750 bits per heavy atom. The van der Waals surface area contributed by atoms with E-state index in [1.165, 1.54) is 6.92 Å². The van der Waals surface area contributed by atoms with Crippen LogP contribution in [0.1, 0.15) is 94.9 Å². The Labute approximate surface area is 331 Å². The van der Waals surface area contributed by atoms with Crippen LogP contribution in [-0.2, 0) is 74.7 Å². The van der Waals surface area contributed by atoms with Gasteiger partial charge in [0.2, 0.25) is 0 Å². The van der Waals surface area contributed by atoms with Crippen LogP contribution in [0, 0.1) is 16.7 Å². The molecule has 0 heterocycles. The van der Waals surface area contributed by atoms with E-state index in [0.717, 1.165) is 25.3 Å². The molecule has 0 bridgehead atoms. The zero-order chi connectivity index (χ0) is 40.9. The molecular weight excluding hydrogens is 834 g/mol. The van der Waals surface area contributed by atoms with Crippen LogP contribution in [0.5, 0.6) is 0 Å². The van der Waals surface area contributed by atoms with Crippen molar-refractivity contribution < 1.29 is 86.3 Å². The summed E-state index contributed by atoms with van der Waals surface area (Å²) in [7, 11) is -8.89. The van der Waals surface area contributed by atoms with Crippen molar-refractivity contribution in [1.82, 2.24) is 0 Å². The first-order valence-corrected chi connectivity index (χ1v) is 25.6. The Morgan fingerprint density at radius 2 is 1.17 bits per heavy atom. The molecule has 0 amide bonds. The van der Waals surface area contributed by atoms with Gasteiger partial charge in [0.1, 0.15) is 6.61 Å². The van der Waals surface area contributed by atoms with E-state index < -0.39 is 55.4 Å². The zero-order valence-electron chi connectivity index (χ0n) is 34.3. The molecule has 0 aliphatic rings. The minimum atomic E-state index is -5.84. The van der Waals surface area contributed by atoms with Gasteiger partial charge in [-0.1, -0.05) is 27.7 Å². The van der Waals surface area contributed by atoms with Crippen LogP contribution in [-0.4, -0.2) is 98.5 Å². The van der Waals surface area contributed by atoms with Gasteiger partial charge in [0, 0.05) is 6.61 Å². The number of hydrogen-bond donors (Lipinski definition) is 0. The minimum Gasteiger partial charge on any atom is -0.743 e. The molecule has 12 nitrogen and oxygen atoms in total. The van der Waals surface area contributed by atoms with E-state index in [0.29, 0.717) is 53.0 Å². The SMILES string of the molecule is CCC(C)(C)C(=O)OCCC[Si](C)(C)O[Si](C)(C)C.CCC(C)C(=O)OC(C)C(F)(F)S(=O)(=O)[O-].CCOCCOCCOC(=O)C(C)(C)CC.[Ag+]. The van der Waals surface area contributed by atoms with Crippen molar-refractivity contribution in [1.29, 1.82) is 0 Å². The first-order chi connectivity index (χ1) is 23.0. The maximum atomic E-state index is 12.9. The number of esters is 3. The molecule has 2 unspecified atom stereocenters. The molecule has 0 rings (SSSR count). The summed E-state index contributed by atoms with van der Waals surface area (Å²) in [5.41, 5.74) is -0.757. The molecule has 0 saturated carbocycles. The van der Waals surface area contributed by atoms with Crippen molar-refractivity contribution in [3.63, 3.8) is 0 Å². The topological polar surface area (TPSA) is 164 Å². The van der Waals surface area contributed by atoms with Crippen LogP contribution >= 0.6 is 0 Å². The fourth-order valence-corrected chi connectivity index (χ4v) is 12.0. The third-order valence-corrected chi connectivity index (χ3v) is 15.0. The predicted octanol–water partition coefficient (Wildman–Crippen LogP) is 7.53. The van der Waals surface area contributed by atoms with E-state index in [2.05, 4.69) is 37.5 Å². The number of alkyl halides is 2. The molecule has 0 aromatic heterocycles.